The second kappa shape index (κ2) is 47.1. The van der Waals surface area contributed by atoms with Crippen LogP contribution >= 0.6 is 28.3 Å². The Kier molecular flexibility index (Phi) is 41.2. The van der Waals surface area contributed by atoms with Crippen molar-refractivity contribution in [2.45, 2.75) is 136 Å². The zero-order chi connectivity index (χ0) is 79.9. The van der Waals surface area contributed by atoms with Crippen molar-refractivity contribution in [3.05, 3.63) is 169 Å². The number of alkyl halides is 1. The highest BCUT2D eigenvalue weighted by Gasteiger charge is 2.53. The minimum atomic E-state index is -2.20. The quantitative estimate of drug-likeness (QED) is 0.00669. The van der Waals surface area contributed by atoms with Gasteiger partial charge in [0.15, 0.2) is 0 Å². The molecule has 2 unspecified atom stereocenters. The van der Waals surface area contributed by atoms with E-state index in [0.717, 1.165) is 23.7 Å². The summed E-state index contributed by atoms with van der Waals surface area (Å²) in [5.41, 5.74) is 10.6. The van der Waals surface area contributed by atoms with Gasteiger partial charge in [0.25, 0.3) is 17.3 Å². The lowest BCUT2D eigenvalue weighted by Crippen LogP contribution is -2.65. The second-order valence-electron chi connectivity index (χ2n) is 22.2. The van der Waals surface area contributed by atoms with Crippen molar-refractivity contribution >= 4 is 134 Å². The van der Waals surface area contributed by atoms with Crippen LogP contribution in [0.5, 0.6) is 0 Å². The van der Waals surface area contributed by atoms with Gasteiger partial charge in [-0.3, -0.25) is 49.0 Å². The second-order valence-corrected chi connectivity index (χ2v) is 22.8. The first-order valence-electron chi connectivity index (χ1n) is 32.9. The van der Waals surface area contributed by atoms with Crippen molar-refractivity contribution in [2.75, 3.05) is 62.6 Å². The number of anilines is 3. The fraction of sp³-hybridized carbons (Fsp3) is 0.394. The largest absolute Gasteiger partial charge is 0.464 e. The first-order chi connectivity index (χ1) is 50.2. The number of nitrogen functional groups attached to an aromatic ring is 1. The number of halogens is 2. The molecule has 582 valence electrons. The highest BCUT2D eigenvalue weighted by atomic mass is 79.9. The smallest absolute Gasteiger partial charge is 0.344 e. The molecule has 36 heteroatoms. The third-order valence-corrected chi connectivity index (χ3v) is 14.9. The number of carbonyl (C=O) groups is 13. The van der Waals surface area contributed by atoms with E-state index in [1.807, 2.05) is 24.3 Å². The Hall–Kier alpha value is -11.5. The van der Waals surface area contributed by atoms with Crippen LogP contribution < -0.4 is 43.4 Å². The van der Waals surface area contributed by atoms with Crippen LogP contribution in [-0.2, 0) is 127 Å². The lowest BCUT2D eigenvalue weighted by atomic mass is 9.85. The molecule has 0 radical (unpaired) electrons. The molecule has 0 saturated heterocycles. The number of nitrogens with zero attached hydrogens (tertiary/aromatic N) is 2. The molecule has 6 amide bonds. The summed E-state index contributed by atoms with van der Waals surface area (Å²) >= 11 is 3.17. The molecule has 2 atom stereocenters. The summed E-state index contributed by atoms with van der Waals surface area (Å²) in [4.78, 5) is 174. The van der Waals surface area contributed by atoms with E-state index in [0.29, 0.717) is 34.3 Å². The number of nitro benzene ring substituents is 2. The Labute approximate surface area is 631 Å². The van der Waals surface area contributed by atoms with E-state index >= 15 is 0 Å². The maximum atomic E-state index is 12.5. The number of hydrogen-bond acceptors (Lipinski definition) is 26. The SMILES string of the molecule is CCOC(=O)C(Cc1ccccc1N)(NC(C)=O)C(=O)OCC.CCOC(=O)C(Cc1ccccc1[N+](=O)[O-])(NC(C)=O)C(=O)OCC.CCOC(=O)C(NC(C)=O)C(=O)OCC.CCOC(=O)C1(NC(C)=O)Cc2ccccc2NC1=O.Cl.NC1Cc2ccccc2NC1=O.O=[N+]([O-])c1ccccc1CBr. The van der Waals surface area contributed by atoms with E-state index in [1.165, 1.54) is 65.0 Å². The van der Waals surface area contributed by atoms with Crippen LogP contribution in [0.25, 0.3) is 0 Å². The third kappa shape index (κ3) is 28.5. The summed E-state index contributed by atoms with van der Waals surface area (Å²) in [6.07, 6.45) is 0.0910. The minimum absolute atomic E-state index is 0. The van der Waals surface area contributed by atoms with Gasteiger partial charge in [-0.05, 0) is 89.8 Å². The molecule has 2 aliphatic heterocycles. The molecule has 107 heavy (non-hydrogen) atoms. The molecule has 0 aromatic heterocycles. The molecule has 5 aromatic carbocycles. The molecule has 0 aliphatic carbocycles. The predicted octanol–water partition coefficient (Wildman–Crippen LogP) is 5.61. The summed E-state index contributed by atoms with van der Waals surface area (Å²) in [6, 6.07) is 32.1. The molecule has 2 heterocycles. The van der Waals surface area contributed by atoms with E-state index in [9.17, 15) is 82.6 Å². The van der Waals surface area contributed by atoms with Crippen LogP contribution in [0.4, 0.5) is 28.4 Å². The van der Waals surface area contributed by atoms with Gasteiger partial charge in [-0.15, -0.1) is 12.4 Å². The van der Waals surface area contributed by atoms with Gasteiger partial charge in [0.2, 0.25) is 52.2 Å². The van der Waals surface area contributed by atoms with Gasteiger partial charge in [0.1, 0.15) is 0 Å². The molecule has 10 N–H and O–H groups in total. The number of ether oxygens (including phenoxy) is 7. The zero-order valence-electron chi connectivity index (χ0n) is 60.8. The molecule has 0 saturated carbocycles. The summed E-state index contributed by atoms with van der Waals surface area (Å²) in [5, 5.41) is 36.7. The third-order valence-electron chi connectivity index (χ3n) is 14.3. The molecule has 34 nitrogen and oxygen atoms in total. The Morgan fingerprint density at radius 3 is 1.29 bits per heavy atom. The fourth-order valence-corrected chi connectivity index (χ4v) is 10.3. The van der Waals surface area contributed by atoms with Crippen molar-refractivity contribution in [3.63, 3.8) is 0 Å². The first-order valence-corrected chi connectivity index (χ1v) is 34.0. The number of esters is 7. The molecular weight excluding hydrogens is 1490 g/mol. The van der Waals surface area contributed by atoms with Gasteiger partial charge < -0.3 is 76.5 Å². The number of carbonyl (C=O) groups excluding carboxylic acids is 13. The number of amides is 6. The monoisotopic (exact) mass is 1580 g/mol. The van der Waals surface area contributed by atoms with Gasteiger partial charge in [0.05, 0.1) is 62.1 Å². The van der Waals surface area contributed by atoms with E-state index in [2.05, 4.69) is 57.3 Å². The standard InChI is InChI=1S/C16H20N2O7.C16H22N2O5.C14H16N2O4.C9H10N2O.C9H15NO5.C7H6BrNO2.ClH/c1-4-24-14(20)16(17-11(3)19,15(21)25-5-2)10-12-8-6-7-9-13(12)18(22)23;1-4-22-14(20)16(18-11(3)19,15(21)23-5-2)10-12-8-6-7-9-13(12)17;1-3-20-13(19)14(16-9(2)17)8-10-6-4-5-7-11(10)15-12(14)18;10-7-5-6-3-1-2-4-8(6)11-9(7)12;1-4-14-8(12)7(10-6(3)11)9(13)15-5-2;8-5-6-3-1-2-4-7(6)9(10)11;/h6-9H,4-5,10H2,1-3H3,(H,17,19);6-9H,4-5,10,17H2,1-3H3,(H,18,19);4-7H,3,8H2,1-2H3,(H,15,18)(H,16,17);1-4,7H,5,10H2,(H,11,12);7H,4-5H2,1-3H3,(H,10,11);1-4H,5H2;1H. The maximum absolute atomic E-state index is 12.5. The topological polar surface area (TPSA) is 497 Å². The van der Waals surface area contributed by atoms with E-state index in [1.54, 1.807) is 101 Å². The Morgan fingerprint density at radius 2 is 0.897 bits per heavy atom. The Bertz CT molecular complexity index is 3880. The fourth-order valence-electron chi connectivity index (χ4n) is 9.78. The van der Waals surface area contributed by atoms with Crippen LogP contribution in [-0.4, -0.2) is 162 Å². The van der Waals surface area contributed by atoms with Gasteiger partial charge in [-0.2, -0.15) is 0 Å². The summed E-state index contributed by atoms with van der Waals surface area (Å²) in [5.74, 6) is -9.08. The number of nitrogens with two attached hydrogens (primary N) is 2. The average Bonchev–Trinajstić information content (AvgIpc) is 0.779. The molecule has 7 rings (SSSR count). The van der Waals surface area contributed by atoms with Gasteiger partial charge >= 0.3 is 41.8 Å². The Morgan fingerprint density at radius 1 is 0.523 bits per heavy atom. The highest BCUT2D eigenvalue weighted by Crippen LogP contribution is 2.31. The maximum Gasteiger partial charge on any atom is 0.344 e. The molecular formula is C71H90BrClN10O24. The van der Waals surface area contributed by atoms with Crippen LogP contribution in [0.1, 0.15) is 104 Å². The molecule has 2 aliphatic rings. The number of rotatable bonds is 25. The number of hydrogen-bond donors (Lipinski definition) is 8. The molecule has 5 aromatic rings. The van der Waals surface area contributed by atoms with Gasteiger partial charge in [0, 0.05) is 92.6 Å². The number of fused-ring (bicyclic) bond motifs is 2. The van der Waals surface area contributed by atoms with Crippen LogP contribution in [0.3, 0.4) is 0 Å². The predicted molar refractivity (Wildman–Crippen MR) is 394 cm³/mol. The van der Waals surface area contributed by atoms with E-state index < -0.39 is 105 Å². The molecule has 0 fully saturated rings. The van der Waals surface area contributed by atoms with E-state index in [4.69, 9.17) is 35.2 Å². The number of para-hydroxylation sites is 5. The van der Waals surface area contributed by atoms with Gasteiger partial charge in [-0.1, -0.05) is 107 Å². The van der Waals surface area contributed by atoms with Crippen LogP contribution in [0.2, 0.25) is 0 Å². The normalized spacial score (nSPS) is 13.4. The lowest BCUT2D eigenvalue weighted by molar-refractivity contribution is -0.385. The number of benzene rings is 5. The molecule has 0 bridgehead atoms. The minimum Gasteiger partial charge on any atom is -0.464 e. The number of nitro groups is 2. The van der Waals surface area contributed by atoms with Crippen molar-refractivity contribution in [2.24, 2.45) is 5.73 Å². The van der Waals surface area contributed by atoms with Gasteiger partial charge in [-0.25, -0.2) is 33.6 Å². The first kappa shape index (κ1) is 93.6. The summed E-state index contributed by atoms with van der Waals surface area (Å²) < 4.78 is 34.0. The highest BCUT2D eigenvalue weighted by molar-refractivity contribution is 9.08. The van der Waals surface area contributed by atoms with Crippen molar-refractivity contribution < 1.29 is 105 Å². The van der Waals surface area contributed by atoms with Crippen molar-refractivity contribution in [1.29, 1.82) is 0 Å². The van der Waals surface area contributed by atoms with Crippen LogP contribution in [0.15, 0.2) is 121 Å². The Balaban J connectivity index is 0.000000655. The van der Waals surface area contributed by atoms with E-state index in [-0.39, 0.29) is 105 Å². The summed E-state index contributed by atoms with van der Waals surface area (Å²) in [6.45, 7) is 16.4. The molecule has 0 spiro atoms. The average molecular weight is 1580 g/mol. The van der Waals surface area contributed by atoms with Crippen molar-refractivity contribution in [3.8, 4) is 0 Å². The number of nitrogens with one attached hydrogen (secondary N) is 6. The zero-order valence-corrected chi connectivity index (χ0v) is 63.2. The lowest BCUT2D eigenvalue weighted by Gasteiger charge is -2.35. The van der Waals surface area contributed by atoms with Crippen molar-refractivity contribution in [1.82, 2.24) is 21.3 Å². The summed E-state index contributed by atoms with van der Waals surface area (Å²) in [7, 11) is 0. The van der Waals surface area contributed by atoms with Crippen LogP contribution in [0, 0.1) is 20.2 Å².